The van der Waals surface area contributed by atoms with Crippen LogP contribution in [0, 0.1) is 6.92 Å². The van der Waals surface area contributed by atoms with Gasteiger partial charge in [-0.25, -0.2) is 9.97 Å². The molecule has 108 valence electrons. The van der Waals surface area contributed by atoms with E-state index in [1.807, 2.05) is 19.3 Å². The number of nitrogens with zero attached hydrogens (tertiary/aromatic N) is 2. The summed E-state index contributed by atoms with van der Waals surface area (Å²) < 4.78 is 0. The number of aromatic nitrogens is 4. The predicted octanol–water partition coefficient (Wildman–Crippen LogP) is 3.62. The van der Waals surface area contributed by atoms with Gasteiger partial charge in [-0.1, -0.05) is 12.8 Å². The van der Waals surface area contributed by atoms with Crippen molar-refractivity contribution in [3.05, 3.63) is 30.4 Å². The molecule has 1 aliphatic rings. The van der Waals surface area contributed by atoms with Crippen molar-refractivity contribution in [3.8, 4) is 11.3 Å². The molecule has 0 spiro atoms. The number of rotatable bonds is 3. The Hall–Kier alpha value is -2.30. The van der Waals surface area contributed by atoms with Gasteiger partial charge in [0.2, 0.25) is 0 Å². The summed E-state index contributed by atoms with van der Waals surface area (Å²) in [5, 5.41) is 4.70. The van der Waals surface area contributed by atoms with Crippen molar-refractivity contribution in [2.45, 2.75) is 38.6 Å². The van der Waals surface area contributed by atoms with Crippen molar-refractivity contribution in [2.75, 3.05) is 5.32 Å². The third kappa shape index (κ3) is 2.28. The van der Waals surface area contributed by atoms with Gasteiger partial charge in [0.25, 0.3) is 0 Å². The van der Waals surface area contributed by atoms with Gasteiger partial charge in [0, 0.05) is 23.2 Å². The first-order chi connectivity index (χ1) is 10.3. The number of aryl methyl sites for hydroxylation is 1. The van der Waals surface area contributed by atoms with Crippen LogP contribution in [0.15, 0.2) is 24.5 Å². The second kappa shape index (κ2) is 4.91. The van der Waals surface area contributed by atoms with E-state index in [1.165, 1.54) is 25.7 Å². The number of aromatic amines is 2. The topological polar surface area (TPSA) is 69.4 Å². The molecular weight excluding hydrogens is 262 g/mol. The van der Waals surface area contributed by atoms with E-state index in [0.29, 0.717) is 6.04 Å². The summed E-state index contributed by atoms with van der Waals surface area (Å²) in [5.41, 5.74) is 3.09. The van der Waals surface area contributed by atoms with Crippen LogP contribution >= 0.6 is 0 Å². The SMILES string of the molecule is Cc1ncc(-c2cc(NC3CCCC3)nc3[nH]ccc23)[nH]1. The van der Waals surface area contributed by atoms with Gasteiger partial charge in [0.15, 0.2) is 0 Å². The number of pyridine rings is 1. The molecule has 0 amide bonds. The van der Waals surface area contributed by atoms with E-state index in [1.54, 1.807) is 0 Å². The fourth-order valence-electron chi connectivity index (χ4n) is 3.17. The molecule has 0 unspecified atom stereocenters. The van der Waals surface area contributed by atoms with E-state index in [9.17, 15) is 0 Å². The zero-order valence-electron chi connectivity index (χ0n) is 12.1. The van der Waals surface area contributed by atoms with Crippen LogP contribution in [0.4, 0.5) is 5.82 Å². The van der Waals surface area contributed by atoms with E-state index >= 15 is 0 Å². The average Bonchev–Trinajstić information content (AvgIpc) is 3.18. The number of hydrogen-bond acceptors (Lipinski definition) is 3. The molecule has 0 aliphatic heterocycles. The van der Waals surface area contributed by atoms with Crippen LogP contribution in [0.3, 0.4) is 0 Å². The summed E-state index contributed by atoms with van der Waals surface area (Å²) in [6.45, 7) is 1.97. The lowest BCUT2D eigenvalue weighted by atomic mass is 10.1. The minimum Gasteiger partial charge on any atom is -0.367 e. The Bertz CT molecular complexity index is 764. The van der Waals surface area contributed by atoms with Crippen molar-refractivity contribution >= 4 is 16.9 Å². The number of hydrogen-bond donors (Lipinski definition) is 3. The van der Waals surface area contributed by atoms with E-state index < -0.39 is 0 Å². The molecule has 4 rings (SSSR count). The summed E-state index contributed by atoms with van der Waals surface area (Å²) in [6, 6.07) is 4.75. The van der Waals surface area contributed by atoms with Crippen molar-refractivity contribution < 1.29 is 0 Å². The molecule has 21 heavy (non-hydrogen) atoms. The largest absolute Gasteiger partial charge is 0.367 e. The minimum atomic E-state index is 0.557. The third-order valence-corrected chi connectivity index (χ3v) is 4.23. The van der Waals surface area contributed by atoms with E-state index in [4.69, 9.17) is 4.98 Å². The molecular formula is C16H19N5. The Labute approximate surface area is 123 Å². The fraction of sp³-hybridized carbons (Fsp3) is 0.375. The monoisotopic (exact) mass is 281 g/mol. The Kier molecular flexibility index (Phi) is 2.91. The van der Waals surface area contributed by atoms with E-state index in [-0.39, 0.29) is 0 Å². The Morgan fingerprint density at radius 3 is 2.90 bits per heavy atom. The molecule has 3 aromatic heterocycles. The molecule has 0 bridgehead atoms. The quantitative estimate of drug-likeness (QED) is 0.687. The number of fused-ring (bicyclic) bond motifs is 1. The highest BCUT2D eigenvalue weighted by molar-refractivity contribution is 5.93. The van der Waals surface area contributed by atoms with Crippen LogP contribution in [0.5, 0.6) is 0 Å². The van der Waals surface area contributed by atoms with Gasteiger partial charge < -0.3 is 15.3 Å². The molecule has 3 heterocycles. The van der Waals surface area contributed by atoms with Crippen LogP contribution < -0.4 is 5.32 Å². The highest BCUT2D eigenvalue weighted by Crippen LogP contribution is 2.30. The highest BCUT2D eigenvalue weighted by Gasteiger charge is 2.17. The summed E-state index contributed by atoms with van der Waals surface area (Å²) in [4.78, 5) is 15.5. The van der Waals surface area contributed by atoms with Crippen molar-refractivity contribution in [1.82, 2.24) is 19.9 Å². The molecule has 5 nitrogen and oxygen atoms in total. The van der Waals surface area contributed by atoms with Crippen LogP contribution in [-0.4, -0.2) is 26.0 Å². The standard InChI is InChI=1S/C16H19N5/c1-10-18-9-14(19-10)13-8-15(20-11-4-2-3-5-11)21-16-12(13)6-7-17-16/h6-9,11H,2-5H2,1H3,(H,18,19)(H2,17,20,21). The van der Waals surface area contributed by atoms with Gasteiger partial charge >= 0.3 is 0 Å². The molecule has 0 radical (unpaired) electrons. The van der Waals surface area contributed by atoms with Gasteiger partial charge in [-0.05, 0) is 31.9 Å². The van der Waals surface area contributed by atoms with E-state index in [0.717, 1.165) is 33.9 Å². The Morgan fingerprint density at radius 1 is 1.29 bits per heavy atom. The molecule has 3 N–H and O–H groups in total. The lowest BCUT2D eigenvalue weighted by molar-refractivity contribution is 0.751. The molecule has 1 aliphatic carbocycles. The second-order valence-corrected chi connectivity index (χ2v) is 5.80. The first-order valence-electron chi connectivity index (χ1n) is 7.56. The molecule has 1 fully saturated rings. The highest BCUT2D eigenvalue weighted by atomic mass is 15.0. The maximum Gasteiger partial charge on any atom is 0.140 e. The first-order valence-corrected chi connectivity index (χ1v) is 7.56. The van der Waals surface area contributed by atoms with Gasteiger partial charge in [0.05, 0.1) is 11.9 Å². The fourth-order valence-corrected chi connectivity index (χ4v) is 3.17. The van der Waals surface area contributed by atoms with Crippen LogP contribution in [0.2, 0.25) is 0 Å². The third-order valence-electron chi connectivity index (χ3n) is 4.23. The van der Waals surface area contributed by atoms with Gasteiger partial charge in [-0.15, -0.1) is 0 Å². The summed E-state index contributed by atoms with van der Waals surface area (Å²) in [5.74, 6) is 1.87. The van der Waals surface area contributed by atoms with E-state index in [2.05, 4.69) is 32.4 Å². The maximum atomic E-state index is 4.69. The van der Waals surface area contributed by atoms with Gasteiger partial charge in [-0.3, -0.25) is 0 Å². The smallest absolute Gasteiger partial charge is 0.140 e. The molecule has 1 saturated carbocycles. The molecule has 0 aromatic carbocycles. The number of anilines is 1. The summed E-state index contributed by atoms with van der Waals surface area (Å²) >= 11 is 0. The number of imidazole rings is 1. The summed E-state index contributed by atoms with van der Waals surface area (Å²) in [7, 11) is 0. The Morgan fingerprint density at radius 2 is 2.14 bits per heavy atom. The van der Waals surface area contributed by atoms with Crippen LogP contribution in [0.25, 0.3) is 22.3 Å². The average molecular weight is 281 g/mol. The summed E-state index contributed by atoms with van der Waals surface area (Å²) in [6.07, 6.45) is 8.93. The zero-order chi connectivity index (χ0) is 14.2. The zero-order valence-corrected chi connectivity index (χ0v) is 12.1. The minimum absolute atomic E-state index is 0.557. The van der Waals surface area contributed by atoms with Crippen molar-refractivity contribution in [1.29, 1.82) is 0 Å². The van der Waals surface area contributed by atoms with Gasteiger partial charge in [0.1, 0.15) is 17.3 Å². The van der Waals surface area contributed by atoms with Crippen LogP contribution in [0.1, 0.15) is 31.5 Å². The lowest BCUT2D eigenvalue weighted by Crippen LogP contribution is -2.15. The predicted molar refractivity (Wildman–Crippen MR) is 84.3 cm³/mol. The molecule has 0 atom stereocenters. The lowest BCUT2D eigenvalue weighted by Gasteiger charge is -2.13. The molecule has 3 aromatic rings. The molecule has 0 saturated heterocycles. The normalized spacial score (nSPS) is 15.9. The first kappa shape index (κ1) is 12.4. The van der Waals surface area contributed by atoms with Crippen LogP contribution in [-0.2, 0) is 0 Å². The second-order valence-electron chi connectivity index (χ2n) is 5.80. The maximum absolute atomic E-state index is 4.69. The van der Waals surface area contributed by atoms with Crippen molar-refractivity contribution in [2.24, 2.45) is 0 Å². The molecule has 5 heteroatoms. The van der Waals surface area contributed by atoms with Crippen molar-refractivity contribution in [3.63, 3.8) is 0 Å². The number of H-pyrrole nitrogens is 2. The Balaban J connectivity index is 1.78. The van der Waals surface area contributed by atoms with Gasteiger partial charge in [-0.2, -0.15) is 0 Å². The number of nitrogens with one attached hydrogen (secondary N) is 3.